The summed E-state index contributed by atoms with van der Waals surface area (Å²) in [4.78, 5) is 24.7. The molecule has 0 radical (unpaired) electrons. The molecule has 29 heavy (non-hydrogen) atoms. The highest BCUT2D eigenvalue weighted by molar-refractivity contribution is 7.92. The third-order valence-electron chi connectivity index (χ3n) is 4.00. The summed E-state index contributed by atoms with van der Waals surface area (Å²) in [6, 6.07) is 11.3. The summed E-state index contributed by atoms with van der Waals surface area (Å²) in [5, 5.41) is 2.68. The van der Waals surface area contributed by atoms with Gasteiger partial charge in [0.1, 0.15) is 0 Å². The van der Waals surface area contributed by atoms with Crippen molar-refractivity contribution in [3.05, 3.63) is 53.6 Å². The van der Waals surface area contributed by atoms with Gasteiger partial charge in [-0.05, 0) is 36.8 Å². The predicted molar refractivity (Wildman–Crippen MR) is 104 cm³/mol. The molecule has 3 rings (SSSR count). The van der Waals surface area contributed by atoms with E-state index in [0.717, 1.165) is 11.8 Å². The normalized spacial score (nSPS) is 13.4. The number of amides is 1. The number of rotatable bonds is 7. The minimum atomic E-state index is -3.58. The van der Waals surface area contributed by atoms with E-state index < -0.39 is 28.0 Å². The summed E-state index contributed by atoms with van der Waals surface area (Å²) in [5.74, 6) is -0.0676. The van der Waals surface area contributed by atoms with E-state index in [4.69, 9.17) is 14.2 Å². The second kappa shape index (κ2) is 8.39. The average Bonchev–Trinajstić information content (AvgIpc) is 3.12. The highest BCUT2D eigenvalue weighted by Crippen LogP contribution is 2.32. The molecule has 1 unspecified atom stereocenters. The standard InChI is InChI=1S/C19H20N2O7S/c1-12(18(22)20-10-13-7-8-16-17(9-13)27-11-26-16)28-19(23)14-5-3-4-6-15(14)21-29(2,24)25/h3-9,12,21H,10-11H2,1-2H3,(H,20,22). The Balaban J connectivity index is 1.59. The first-order chi connectivity index (χ1) is 13.7. The largest absolute Gasteiger partial charge is 0.454 e. The zero-order valence-electron chi connectivity index (χ0n) is 15.8. The molecule has 0 saturated carbocycles. The van der Waals surface area contributed by atoms with Gasteiger partial charge in [0.05, 0.1) is 17.5 Å². The lowest BCUT2D eigenvalue weighted by molar-refractivity contribution is -0.129. The lowest BCUT2D eigenvalue weighted by Crippen LogP contribution is -2.35. The van der Waals surface area contributed by atoms with E-state index in [0.29, 0.717) is 11.5 Å². The zero-order valence-corrected chi connectivity index (χ0v) is 16.6. The highest BCUT2D eigenvalue weighted by Gasteiger charge is 2.22. The molecule has 0 bridgehead atoms. The van der Waals surface area contributed by atoms with E-state index in [-0.39, 0.29) is 24.6 Å². The lowest BCUT2D eigenvalue weighted by Gasteiger charge is -2.15. The number of fused-ring (bicyclic) bond motifs is 1. The molecule has 10 heteroatoms. The minimum Gasteiger partial charge on any atom is -0.454 e. The third-order valence-corrected chi connectivity index (χ3v) is 4.59. The van der Waals surface area contributed by atoms with Gasteiger partial charge in [0, 0.05) is 6.54 Å². The summed E-state index contributed by atoms with van der Waals surface area (Å²) in [6.45, 7) is 1.80. The monoisotopic (exact) mass is 420 g/mol. The van der Waals surface area contributed by atoms with Crippen LogP contribution in [0, 0.1) is 0 Å². The number of hydrogen-bond acceptors (Lipinski definition) is 7. The molecule has 0 aromatic heterocycles. The number of carbonyl (C=O) groups excluding carboxylic acids is 2. The van der Waals surface area contributed by atoms with Gasteiger partial charge in [-0.3, -0.25) is 9.52 Å². The lowest BCUT2D eigenvalue weighted by atomic mass is 10.2. The molecule has 1 amide bonds. The van der Waals surface area contributed by atoms with Crippen molar-refractivity contribution in [2.24, 2.45) is 0 Å². The van der Waals surface area contributed by atoms with E-state index in [2.05, 4.69) is 10.0 Å². The number of sulfonamides is 1. The van der Waals surface area contributed by atoms with Crippen molar-refractivity contribution in [3.8, 4) is 11.5 Å². The van der Waals surface area contributed by atoms with Gasteiger partial charge >= 0.3 is 5.97 Å². The Morgan fingerprint density at radius 3 is 2.62 bits per heavy atom. The van der Waals surface area contributed by atoms with Crippen LogP contribution >= 0.6 is 0 Å². The number of esters is 1. The Labute approximate surface area is 168 Å². The summed E-state index contributed by atoms with van der Waals surface area (Å²) >= 11 is 0. The van der Waals surface area contributed by atoms with Gasteiger partial charge in [0.15, 0.2) is 17.6 Å². The minimum absolute atomic E-state index is 0.00773. The van der Waals surface area contributed by atoms with E-state index in [1.165, 1.54) is 19.1 Å². The van der Waals surface area contributed by atoms with Gasteiger partial charge in [0.2, 0.25) is 16.8 Å². The predicted octanol–water partition coefficient (Wildman–Crippen LogP) is 1.65. The number of carbonyl (C=O) groups is 2. The molecule has 0 aliphatic carbocycles. The number of benzene rings is 2. The number of hydrogen-bond donors (Lipinski definition) is 2. The molecule has 1 aliphatic heterocycles. The summed E-state index contributed by atoms with van der Waals surface area (Å²) in [6.07, 6.45) is -0.107. The van der Waals surface area contributed by atoms with Gasteiger partial charge in [-0.2, -0.15) is 0 Å². The maximum absolute atomic E-state index is 12.4. The first-order valence-electron chi connectivity index (χ1n) is 8.67. The number of anilines is 1. The van der Waals surface area contributed by atoms with Crippen LogP contribution in [0.4, 0.5) is 5.69 Å². The molecule has 154 valence electrons. The molecular weight excluding hydrogens is 400 g/mol. The fourth-order valence-corrected chi connectivity index (χ4v) is 3.19. The quantitative estimate of drug-likeness (QED) is 0.654. The Morgan fingerprint density at radius 1 is 1.14 bits per heavy atom. The molecule has 9 nitrogen and oxygen atoms in total. The molecule has 2 N–H and O–H groups in total. The van der Waals surface area contributed by atoms with Gasteiger partial charge in [-0.15, -0.1) is 0 Å². The van der Waals surface area contributed by atoms with Crippen LogP contribution in [-0.2, 0) is 26.1 Å². The molecular formula is C19H20N2O7S. The highest BCUT2D eigenvalue weighted by atomic mass is 32.2. The van der Waals surface area contributed by atoms with E-state index in [1.807, 2.05) is 0 Å². The summed E-state index contributed by atoms with van der Waals surface area (Å²) in [5.41, 5.74) is 0.880. The SMILES string of the molecule is CC(OC(=O)c1ccccc1NS(C)(=O)=O)C(=O)NCc1ccc2c(c1)OCO2. The maximum Gasteiger partial charge on any atom is 0.341 e. The van der Waals surface area contributed by atoms with Crippen LogP contribution in [0.2, 0.25) is 0 Å². The zero-order chi connectivity index (χ0) is 21.0. The second-order valence-corrected chi connectivity index (χ2v) is 8.12. The van der Waals surface area contributed by atoms with Crippen LogP contribution in [0.1, 0.15) is 22.8 Å². The summed E-state index contributed by atoms with van der Waals surface area (Å²) in [7, 11) is -3.58. The van der Waals surface area contributed by atoms with E-state index >= 15 is 0 Å². The van der Waals surface area contributed by atoms with E-state index in [9.17, 15) is 18.0 Å². The molecule has 1 heterocycles. The van der Waals surface area contributed by atoms with Gasteiger partial charge < -0.3 is 19.5 Å². The topological polar surface area (TPSA) is 120 Å². The van der Waals surface area contributed by atoms with E-state index in [1.54, 1.807) is 30.3 Å². The smallest absolute Gasteiger partial charge is 0.341 e. The van der Waals surface area contributed by atoms with Crippen molar-refractivity contribution in [2.75, 3.05) is 17.8 Å². The van der Waals surface area contributed by atoms with Crippen LogP contribution in [-0.4, -0.2) is 39.4 Å². The molecule has 0 saturated heterocycles. The average molecular weight is 420 g/mol. The third kappa shape index (κ3) is 5.38. The van der Waals surface area contributed by atoms with Crippen molar-refractivity contribution in [1.82, 2.24) is 5.32 Å². The molecule has 1 aliphatic rings. The van der Waals surface area contributed by atoms with Crippen molar-refractivity contribution < 1.29 is 32.2 Å². The summed E-state index contributed by atoms with van der Waals surface area (Å²) < 4.78 is 40.9. The molecule has 2 aromatic rings. The molecule has 0 spiro atoms. The number of para-hydroxylation sites is 1. The first-order valence-corrected chi connectivity index (χ1v) is 10.6. The Kier molecular flexibility index (Phi) is 5.92. The Bertz CT molecular complexity index is 1040. The first kappa shape index (κ1) is 20.5. The van der Waals surface area contributed by atoms with Crippen LogP contribution in [0.15, 0.2) is 42.5 Å². The molecule has 0 fully saturated rings. The van der Waals surface area contributed by atoms with Crippen molar-refractivity contribution in [2.45, 2.75) is 19.6 Å². The van der Waals surface area contributed by atoms with Gasteiger partial charge in [-0.25, -0.2) is 13.2 Å². The van der Waals surface area contributed by atoms with Crippen LogP contribution in [0.5, 0.6) is 11.5 Å². The fraction of sp³-hybridized carbons (Fsp3) is 0.263. The maximum atomic E-state index is 12.4. The van der Waals surface area contributed by atoms with Crippen LogP contribution < -0.4 is 19.5 Å². The van der Waals surface area contributed by atoms with Crippen molar-refractivity contribution >= 4 is 27.6 Å². The second-order valence-electron chi connectivity index (χ2n) is 6.37. The number of ether oxygens (including phenoxy) is 3. The van der Waals surface area contributed by atoms with Gasteiger partial charge in [-0.1, -0.05) is 18.2 Å². The fourth-order valence-electron chi connectivity index (χ4n) is 2.61. The van der Waals surface area contributed by atoms with Crippen molar-refractivity contribution in [1.29, 1.82) is 0 Å². The molecule has 1 atom stereocenters. The molecule has 2 aromatic carbocycles. The number of nitrogens with one attached hydrogen (secondary N) is 2. The van der Waals surface area contributed by atoms with Crippen LogP contribution in [0.25, 0.3) is 0 Å². The van der Waals surface area contributed by atoms with Crippen LogP contribution in [0.3, 0.4) is 0 Å². The van der Waals surface area contributed by atoms with Crippen molar-refractivity contribution in [3.63, 3.8) is 0 Å². The Morgan fingerprint density at radius 2 is 1.86 bits per heavy atom. The van der Waals surface area contributed by atoms with Gasteiger partial charge in [0.25, 0.3) is 5.91 Å². The Hall–Kier alpha value is -3.27.